The van der Waals surface area contributed by atoms with Gasteiger partial charge in [0.05, 0.1) is 17.7 Å². The summed E-state index contributed by atoms with van der Waals surface area (Å²) in [6.07, 6.45) is 7.15. The van der Waals surface area contributed by atoms with Crippen LogP contribution in [0.2, 0.25) is 0 Å². The highest BCUT2D eigenvalue weighted by Gasteiger charge is 2.26. The minimum atomic E-state index is -0.670. The van der Waals surface area contributed by atoms with Crippen LogP contribution in [0.3, 0.4) is 0 Å². The molecule has 0 spiro atoms. The second kappa shape index (κ2) is 8.31. The molecule has 0 aliphatic carbocycles. The van der Waals surface area contributed by atoms with E-state index in [1.807, 2.05) is 6.07 Å². The Labute approximate surface area is 106 Å². The van der Waals surface area contributed by atoms with E-state index in [0.717, 1.165) is 12.8 Å². The molecule has 0 saturated heterocycles. The normalized spacial score (nSPS) is 15.9. The van der Waals surface area contributed by atoms with Crippen LogP contribution < -0.4 is 0 Å². The van der Waals surface area contributed by atoms with Crippen molar-refractivity contribution >= 4 is 0 Å². The van der Waals surface area contributed by atoms with Crippen molar-refractivity contribution in [3.63, 3.8) is 0 Å². The fourth-order valence-electron chi connectivity index (χ4n) is 2.07. The van der Waals surface area contributed by atoms with E-state index in [2.05, 4.69) is 27.4 Å². The Morgan fingerprint density at radius 1 is 1.35 bits per heavy atom. The Hall–Kier alpha value is -0.810. The Kier molecular flexibility index (Phi) is 7.91. The maximum Gasteiger partial charge on any atom is 0.0968 e. The van der Waals surface area contributed by atoms with E-state index < -0.39 is 6.10 Å². The van der Waals surface area contributed by atoms with Crippen molar-refractivity contribution in [3.05, 3.63) is 12.2 Å². The summed E-state index contributed by atoms with van der Waals surface area (Å²) in [7, 11) is 0. The third-order valence-corrected chi connectivity index (χ3v) is 3.72. The van der Waals surface area contributed by atoms with E-state index in [9.17, 15) is 5.11 Å². The number of hydrogen-bond donors (Lipinski definition) is 1. The van der Waals surface area contributed by atoms with Crippen LogP contribution in [0.25, 0.3) is 0 Å². The smallest absolute Gasteiger partial charge is 0.0968 e. The zero-order chi connectivity index (χ0) is 13.3. The van der Waals surface area contributed by atoms with Gasteiger partial charge < -0.3 is 5.11 Å². The summed E-state index contributed by atoms with van der Waals surface area (Å²) in [5.41, 5.74) is 0.422. The van der Waals surface area contributed by atoms with Gasteiger partial charge in [0, 0.05) is 0 Å². The van der Waals surface area contributed by atoms with Gasteiger partial charge in [-0.05, 0) is 18.3 Å². The van der Waals surface area contributed by atoms with Crippen molar-refractivity contribution in [2.45, 2.75) is 71.8 Å². The highest BCUT2D eigenvalue weighted by molar-refractivity contribution is 5.20. The van der Waals surface area contributed by atoms with Crippen LogP contribution in [-0.4, -0.2) is 11.2 Å². The lowest BCUT2D eigenvalue weighted by Gasteiger charge is -2.30. The summed E-state index contributed by atoms with van der Waals surface area (Å²) in [4.78, 5) is 0. The number of aliphatic hydroxyl groups is 1. The van der Waals surface area contributed by atoms with Crippen LogP contribution in [0.1, 0.15) is 65.7 Å². The lowest BCUT2D eigenvalue weighted by Crippen LogP contribution is -2.24. The van der Waals surface area contributed by atoms with Gasteiger partial charge in [-0.15, -0.1) is 0 Å². The van der Waals surface area contributed by atoms with Crippen LogP contribution in [0.4, 0.5) is 0 Å². The fraction of sp³-hybridized carbons (Fsp3) is 0.800. The lowest BCUT2D eigenvalue weighted by atomic mass is 9.76. The van der Waals surface area contributed by atoms with E-state index in [1.165, 1.54) is 25.7 Å². The second-order valence-electron chi connectivity index (χ2n) is 5.33. The number of rotatable bonds is 9. The molecule has 0 aromatic carbocycles. The van der Waals surface area contributed by atoms with Crippen LogP contribution in [0, 0.1) is 16.7 Å². The topological polar surface area (TPSA) is 44.0 Å². The minimum Gasteiger partial charge on any atom is -0.388 e. The van der Waals surface area contributed by atoms with Crippen LogP contribution >= 0.6 is 0 Å². The van der Waals surface area contributed by atoms with Gasteiger partial charge in [-0.2, -0.15) is 5.26 Å². The molecule has 0 heterocycles. The highest BCUT2D eigenvalue weighted by atomic mass is 16.3. The fourth-order valence-corrected chi connectivity index (χ4v) is 2.07. The molecule has 1 N–H and O–H groups in total. The first-order valence-corrected chi connectivity index (χ1v) is 6.76. The van der Waals surface area contributed by atoms with Gasteiger partial charge in [0.25, 0.3) is 0 Å². The number of hydrogen-bond acceptors (Lipinski definition) is 2. The zero-order valence-electron chi connectivity index (χ0n) is 11.6. The second-order valence-corrected chi connectivity index (χ2v) is 5.33. The van der Waals surface area contributed by atoms with Crippen LogP contribution in [0.15, 0.2) is 12.2 Å². The summed E-state index contributed by atoms with van der Waals surface area (Å²) in [5, 5.41) is 18.6. The minimum absolute atomic E-state index is 0.132. The average Bonchev–Trinajstić information content (AvgIpc) is 2.33. The molecular formula is C15H27NO. The van der Waals surface area contributed by atoms with Crippen molar-refractivity contribution in [2.24, 2.45) is 5.41 Å². The van der Waals surface area contributed by atoms with Gasteiger partial charge >= 0.3 is 0 Å². The molecule has 0 fully saturated rings. The molecule has 0 aliphatic rings. The van der Waals surface area contributed by atoms with Crippen molar-refractivity contribution in [3.8, 4) is 6.07 Å². The molecule has 2 unspecified atom stereocenters. The first-order chi connectivity index (χ1) is 7.99. The molecule has 17 heavy (non-hydrogen) atoms. The predicted octanol–water partition coefficient (Wildman–Crippen LogP) is 4.20. The van der Waals surface area contributed by atoms with Gasteiger partial charge in [0.1, 0.15) is 0 Å². The van der Waals surface area contributed by atoms with Crippen LogP contribution in [-0.2, 0) is 0 Å². The van der Waals surface area contributed by atoms with Crippen molar-refractivity contribution in [2.75, 3.05) is 0 Å². The molecule has 98 valence electrons. The number of aliphatic hydroxyl groups excluding tert-OH is 1. The molecule has 0 aliphatic heterocycles. The van der Waals surface area contributed by atoms with Crippen LogP contribution in [0.5, 0.6) is 0 Å². The first-order valence-electron chi connectivity index (χ1n) is 6.76. The summed E-state index contributed by atoms with van der Waals surface area (Å²) >= 11 is 0. The molecule has 2 atom stereocenters. The van der Waals surface area contributed by atoms with E-state index in [1.54, 1.807) is 0 Å². The molecule has 0 aromatic heterocycles. The van der Waals surface area contributed by atoms with E-state index >= 15 is 0 Å². The predicted molar refractivity (Wildman–Crippen MR) is 72.5 cm³/mol. The molecule has 0 aromatic rings. The maximum atomic E-state index is 9.87. The maximum absolute atomic E-state index is 9.87. The third kappa shape index (κ3) is 6.48. The van der Waals surface area contributed by atoms with Gasteiger partial charge in [-0.25, -0.2) is 0 Å². The SMILES string of the molecule is C=C(C#N)C(O)CC(C)(CC)CCCCCC. The molecule has 0 bridgehead atoms. The largest absolute Gasteiger partial charge is 0.388 e. The summed E-state index contributed by atoms with van der Waals surface area (Å²) < 4.78 is 0. The van der Waals surface area contributed by atoms with Gasteiger partial charge in [0.15, 0.2) is 0 Å². The summed E-state index contributed by atoms with van der Waals surface area (Å²) in [5.74, 6) is 0. The number of unbranched alkanes of at least 4 members (excludes halogenated alkanes) is 3. The van der Waals surface area contributed by atoms with Crippen molar-refractivity contribution in [1.82, 2.24) is 0 Å². The quantitative estimate of drug-likeness (QED) is 0.482. The van der Waals surface area contributed by atoms with E-state index in [4.69, 9.17) is 5.26 Å². The molecular weight excluding hydrogens is 210 g/mol. The Morgan fingerprint density at radius 2 is 2.00 bits per heavy atom. The molecule has 2 nitrogen and oxygen atoms in total. The molecule has 0 saturated carbocycles. The molecule has 0 radical (unpaired) electrons. The van der Waals surface area contributed by atoms with Gasteiger partial charge in [0.2, 0.25) is 0 Å². The summed E-state index contributed by atoms with van der Waals surface area (Å²) in [6.45, 7) is 10.2. The van der Waals surface area contributed by atoms with Gasteiger partial charge in [-0.1, -0.05) is 59.5 Å². The molecule has 2 heteroatoms. The zero-order valence-corrected chi connectivity index (χ0v) is 11.6. The third-order valence-electron chi connectivity index (χ3n) is 3.72. The van der Waals surface area contributed by atoms with Crippen molar-refractivity contribution < 1.29 is 5.11 Å². The highest BCUT2D eigenvalue weighted by Crippen LogP contribution is 2.34. The first kappa shape index (κ1) is 16.2. The number of nitrogens with zero attached hydrogens (tertiary/aromatic N) is 1. The monoisotopic (exact) mass is 237 g/mol. The number of nitriles is 1. The lowest BCUT2D eigenvalue weighted by molar-refractivity contribution is 0.124. The standard InChI is InChI=1S/C15H27NO/c1-5-7-8-9-10-15(4,6-2)11-14(17)13(3)12-16/h14,17H,3,5-11H2,1-2,4H3. The molecule has 0 amide bonds. The Morgan fingerprint density at radius 3 is 2.47 bits per heavy atom. The molecule has 0 rings (SSSR count). The Bertz CT molecular complexity index is 267. The van der Waals surface area contributed by atoms with E-state index in [0.29, 0.717) is 12.0 Å². The van der Waals surface area contributed by atoms with Crippen molar-refractivity contribution in [1.29, 1.82) is 5.26 Å². The summed E-state index contributed by atoms with van der Waals surface area (Å²) in [6, 6.07) is 1.94. The van der Waals surface area contributed by atoms with Gasteiger partial charge in [-0.3, -0.25) is 0 Å². The average molecular weight is 237 g/mol. The van der Waals surface area contributed by atoms with E-state index in [-0.39, 0.29) is 5.41 Å². The Balaban J connectivity index is 4.18.